The summed E-state index contributed by atoms with van der Waals surface area (Å²) in [5, 5.41) is 5.71. The number of nitrogens with zero attached hydrogens (tertiary/aromatic N) is 5. The number of pyridine rings is 1. The van der Waals surface area contributed by atoms with Crippen molar-refractivity contribution in [1.82, 2.24) is 34.6 Å². The fourth-order valence-electron chi connectivity index (χ4n) is 9.88. The molecule has 1 unspecified atom stereocenters. The van der Waals surface area contributed by atoms with E-state index in [9.17, 15) is 28.4 Å². The number of hydrogen-bond donors (Lipinski definition) is 3. The van der Waals surface area contributed by atoms with Gasteiger partial charge in [-0.3, -0.25) is 29.1 Å². The van der Waals surface area contributed by atoms with Gasteiger partial charge in [0.1, 0.15) is 11.7 Å². The van der Waals surface area contributed by atoms with Gasteiger partial charge in [0.15, 0.2) is 11.4 Å². The number of anilines is 1. The van der Waals surface area contributed by atoms with Crippen LogP contribution in [0.5, 0.6) is 0 Å². The predicted molar refractivity (Wildman–Crippen MR) is 227 cm³/mol. The normalized spacial score (nSPS) is 22.0. The molecule has 15 heteroatoms. The number of H-pyrrole nitrogens is 1. The van der Waals surface area contributed by atoms with Gasteiger partial charge in [0.25, 0.3) is 5.56 Å². The van der Waals surface area contributed by atoms with Gasteiger partial charge in [-0.1, -0.05) is 24.3 Å². The molecule has 318 valence electrons. The number of hydrogen-bond acceptors (Lipinski definition) is 10. The van der Waals surface area contributed by atoms with Crippen molar-refractivity contribution in [3.63, 3.8) is 0 Å². The van der Waals surface area contributed by atoms with Crippen molar-refractivity contribution in [3.8, 4) is 22.4 Å². The highest BCUT2D eigenvalue weighted by Gasteiger charge is 2.34. The molecular formula is C46H51FN8O6. The summed E-state index contributed by atoms with van der Waals surface area (Å²) in [4.78, 5) is 78.8. The zero-order chi connectivity index (χ0) is 42.0. The van der Waals surface area contributed by atoms with Gasteiger partial charge in [0, 0.05) is 48.8 Å². The lowest BCUT2D eigenvalue weighted by molar-refractivity contribution is -0.138. The fourth-order valence-corrected chi connectivity index (χ4v) is 9.88. The van der Waals surface area contributed by atoms with Gasteiger partial charge in [0.2, 0.25) is 23.7 Å². The van der Waals surface area contributed by atoms with E-state index in [1.54, 1.807) is 36.5 Å². The van der Waals surface area contributed by atoms with Crippen LogP contribution in [0.15, 0.2) is 81.0 Å². The molecule has 14 nitrogen and oxygen atoms in total. The minimum absolute atomic E-state index is 0.00599. The minimum atomic E-state index is -0.751. The Morgan fingerprint density at radius 3 is 2.43 bits per heavy atom. The Balaban J connectivity index is 0.703. The van der Waals surface area contributed by atoms with Crippen molar-refractivity contribution in [2.45, 2.75) is 88.6 Å². The first-order valence-corrected chi connectivity index (χ1v) is 21.7. The van der Waals surface area contributed by atoms with Crippen LogP contribution in [0.1, 0.15) is 88.2 Å². The molecule has 1 saturated carbocycles. The van der Waals surface area contributed by atoms with Crippen molar-refractivity contribution < 1.29 is 23.2 Å². The number of aromatic nitrogens is 4. The quantitative estimate of drug-likeness (QED) is 0.142. The minimum Gasteiger partial charge on any atom is -0.408 e. The summed E-state index contributed by atoms with van der Waals surface area (Å²) < 4.78 is 22.0. The zero-order valence-electron chi connectivity index (χ0n) is 34.1. The molecule has 61 heavy (non-hydrogen) atoms. The van der Waals surface area contributed by atoms with Crippen LogP contribution in [0.4, 0.5) is 10.3 Å². The SMILES string of the molecule is O=C1CCC(n2c(=O)oc3cc(C4CCN(CCC5CCN(C(=O)C6CCC(Nc7ncc(F)c(-c8cccc(-c9ccc[nH]c9=O)c8)n7)CC6)CC5)CC4)ccc32)C(=O)N1. The number of aromatic amines is 1. The monoisotopic (exact) mass is 830 g/mol. The molecule has 3 aromatic heterocycles. The summed E-state index contributed by atoms with van der Waals surface area (Å²) >= 11 is 0. The first kappa shape index (κ1) is 40.4. The molecular weight excluding hydrogens is 780 g/mol. The van der Waals surface area contributed by atoms with Gasteiger partial charge in [-0.25, -0.2) is 19.2 Å². The highest BCUT2D eigenvalue weighted by atomic mass is 19.1. The van der Waals surface area contributed by atoms with Crippen molar-refractivity contribution in [1.29, 1.82) is 0 Å². The highest BCUT2D eigenvalue weighted by molar-refractivity contribution is 6.00. The topological polar surface area (TPSA) is 176 Å². The molecule has 1 atom stereocenters. The van der Waals surface area contributed by atoms with Crippen LogP contribution in [0.2, 0.25) is 0 Å². The van der Waals surface area contributed by atoms with Crippen molar-refractivity contribution >= 4 is 34.8 Å². The maximum Gasteiger partial charge on any atom is 0.420 e. The second-order valence-electron chi connectivity index (χ2n) is 17.2. The summed E-state index contributed by atoms with van der Waals surface area (Å²) in [5.41, 5.74) is 3.84. The van der Waals surface area contributed by atoms with Gasteiger partial charge in [-0.15, -0.1) is 0 Å². The standard InChI is InChI=1S/C46H51FN8O6/c47-36-27-49-45(52-41(36)33-4-1-3-32(25-33)35-5-2-19-48-42(35)57)50-34-9-6-30(7-10-34)44(59)54-23-15-28(16-24-54)14-20-53-21-17-29(18-22-53)31-8-11-37-39(26-31)61-46(60)55(37)38-12-13-40(56)51-43(38)58/h1-5,8,11,19,25-30,34,38H,6-7,9-10,12-18,20-24H2,(H,48,57)(H,49,50,52)(H,51,56,58). The highest BCUT2D eigenvalue weighted by Crippen LogP contribution is 2.34. The van der Waals surface area contributed by atoms with E-state index >= 15 is 0 Å². The molecule has 0 spiro atoms. The van der Waals surface area contributed by atoms with E-state index in [-0.39, 0.29) is 47.9 Å². The number of carbonyl (C=O) groups is 3. The Bertz CT molecular complexity index is 2540. The van der Waals surface area contributed by atoms with Gasteiger partial charge in [-0.2, -0.15) is 0 Å². The molecule has 0 radical (unpaired) electrons. The number of rotatable bonds is 10. The van der Waals surface area contributed by atoms with E-state index in [0.717, 1.165) is 96.1 Å². The Morgan fingerprint density at radius 2 is 1.66 bits per heavy atom. The van der Waals surface area contributed by atoms with E-state index in [4.69, 9.17) is 4.42 Å². The van der Waals surface area contributed by atoms with E-state index < -0.39 is 23.5 Å². The Kier molecular flexibility index (Phi) is 11.6. The number of carbonyl (C=O) groups excluding carboxylic acids is 3. The Labute approximate surface area is 351 Å². The number of likely N-dealkylation sites (tertiary alicyclic amines) is 2. The number of amides is 3. The number of halogens is 1. The lowest BCUT2D eigenvalue weighted by atomic mass is 9.84. The third kappa shape index (κ3) is 8.79. The van der Waals surface area contributed by atoms with E-state index in [1.165, 1.54) is 10.8 Å². The fraction of sp³-hybridized carbons (Fsp3) is 0.457. The van der Waals surface area contributed by atoms with E-state index in [1.807, 2.05) is 24.3 Å². The van der Waals surface area contributed by atoms with Gasteiger partial charge in [-0.05, 0) is 137 Å². The lowest BCUT2D eigenvalue weighted by Crippen LogP contribution is -2.44. The van der Waals surface area contributed by atoms with Crippen LogP contribution in [0.25, 0.3) is 33.5 Å². The van der Waals surface area contributed by atoms with Crippen LogP contribution >= 0.6 is 0 Å². The van der Waals surface area contributed by atoms with Crippen LogP contribution in [0.3, 0.4) is 0 Å². The number of oxazole rings is 1. The predicted octanol–water partition coefficient (Wildman–Crippen LogP) is 6.00. The molecule has 0 bridgehead atoms. The molecule has 4 fully saturated rings. The van der Waals surface area contributed by atoms with Crippen LogP contribution in [-0.2, 0) is 14.4 Å². The summed E-state index contributed by atoms with van der Waals surface area (Å²) in [6.07, 6.45) is 11.6. The van der Waals surface area contributed by atoms with Crippen molar-refractivity contribution in [2.75, 3.05) is 38.0 Å². The molecule has 5 aromatic rings. The number of fused-ring (bicyclic) bond motifs is 1. The molecule has 3 amide bonds. The Morgan fingerprint density at radius 1 is 0.869 bits per heavy atom. The average molecular weight is 831 g/mol. The molecule has 3 aliphatic heterocycles. The van der Waals surface area contributed by atoms with Gasteiger partial charge >= 0.3 is 5.76 Å². The summed E-state index contributed by atoms with van der Waals surface area (Å²) in [6.45, 7) is 4.66. The largest absolute Gasteiger partial charge is 0.420 e. The molecule has 9 rings (SSSR count). The number of benzene rings is 2. The smallest absolute Gasteiger partial charge is 0.408 e. The van der Waals surface area contributed by atoms with Gasteiger partial charge < -0.3 is 24.5 Å². The third-order valence-electron chi connectivity index (χ3n) is 13.4. The molecule has 2 aromatic carbocycles. The van der Waals surface area contributed by atoms with Crippen LogP contribution < -0.4 is 21.9 Å². The summed E-state index contributed by atoms with van der Waals surface area (Å²) in [7, 11) is 0. The molecule has 3 saturated heterocycles. The first-order chi connectivity index (χ1) is 29.7. The molecule has 1 aliphatic carbocycles. The second kappa shape index (κ2) is 17.6. The van der Waals surface area contributed by atoms with Crippen molar-refractivity contribution in [3.05, 3.63) is 99.3 Å². The summed E-state index contributed by atoms with van der Waals surface area (Å²) in [6, 6.07) is 15.8. The first-order valence-electron chi connectivity index (χ1n) is 21.7. The number of piperidine rings is 3. The molecule has 6 heterocycles. The molecule has 3 N–H and O–H groups in total. The second-order valence-corrected chi connectivity index (χ2v) is 17.2. The lowest BCUT2D eigenvalue weighted by Gasteiger charge is -2.37. The number of imide groups is 1. The van der Waals surface area contributed by atoms with E-state index in [0.29, 0.717) is 45.6 Å². The zero-order valence-corrected chi connectivity index (χ0v) is 34.1. The maximum absolute atomic E-state index is 15.0. The average Bonchev–Trinajstić information content (AvgIpc) is 3.61. The summed E-state index contributed by atoms with van der Waals surface area (Å²) in [5.74, 6) is -0.346. The third-order valence-corrected chi connectivity index (χ3v) is 13.4. The van der Waals surface area contributed by atoms with E-state index in [2.05, 4.69) is 35.4 Å². The molecule has 4 aliphatic rings. The van der Waals surface area contributed by atoms with Crippen molar-refractivity contribution in [2.24, 2.45) is 11.8 Å². The number of nitrogens with one attached hydrogen (secondary N) is 3. The Hall–Kier alpha value is -5.96. The van der Waals surface area contributed by atoms with Crippen LogP contribution in [0, 0.1) is 17.7 Å². The van der Waals surface area contributed by atoms with Crippen LogP contribution in [-0.4, -0.2) is 85.8 Å². The van der Waals surface area contributed by atoms with Gasteiger partial charge in [0.05, 0.1) is 11.7 Å². The maximum atomic E-state index is 15.0.